The summed E-state index contributed by atoms with van der Waals surface area (Å²) in [4.78, 5) is 19.2. The number of pyridine rings is 1. The molecule has 2 atom stereocenters. The first-order chi connectivity index (χ1) is 12.8. The number of fused-ring (bicyclic) bond motifs is 1. The summed E-state index contributed by atoms with van der Waals surface area (Å²) < 4.78 is 5.59. The molecule has 0 aliphatic carbocycles. The normalized spacial score (nSPS) is 21.8. The van der Waals surface area contributed by atoms with Gasteiger partial charge in [-0.05, 0) is 44.5 Å². The SMILES string of the molecule is O=C(NC[C@@H]([C@@H]1CCOC1)N1CCCC1)Nc1cccc2cnccc12. The first-order valence-corrected chi connectivity index (χ1v) is 9.50. The van der Waals surface area contributed by atoms with E-state index in [4.69, 9.17) is 4.74 Å². The van der Waals surface area contributed by atoms with Crippen LogP contribution in [0.1, 0.15) is 19.3 Å². The number of hydrogen-bond donors (Lipinski definition) is 2. The Hall–Kier alpha value is -2.18. The van der Waals surface area contributed by atoms with Crippen LogP contribution < -0.4 is 10.6 Å². The number of aromatic nitrogens is 1. The molecular formula is C20H26N4O2. The number of carbonyl (C=O) groups is 1. The molecule has 26 heavy (non-hydrogen) atoms. The second kappa shape index (κ2) is 8.01. The highest BCUT2D eigenvalue weighted by molar-refractivity contribution is 6.01. The third kappa shape index (κ3) is 3.81. The van der Waals surface area contributed by atoms with Gasteiger partial charge in [-0.2, -0.15) is 0 Å². The topological polar surface area (TPSA) is 66.5 Å². The molecule has 0 saturated carbocycles. The summed E-state index contributed by atoms with van der Waals surface area (Å²) in [7, 11) is 0. The van der Waals surface area contributed by atoms with E-state index in [2.05, 4.69) is 20.5 Å². The van der Waals surface area contributed by atoms with Gasteiger partial charge >= 0.3 is 6.03 Å². The maximum atomic E-state index is 12.5. The summed E-state index contributed by atoms with van der Waals surface area (Å²) in [6, 6.07) is 7.98. The van der Waals surface area contributed by atoms with E-state index in [1.54, 1.807) is 6.20 Å². The molecule has 2 aliphatic rings. The minimum Gasteiger partial charge on any atom is -0.381 e. The van der Waals surface area contributed by atoms with Gasteiger partial charge in [0.2, 0.25) is 0 Å². The van der Waals surface area contributed by atoms with Crippen molar-refractivity contribution in [3.8, 4) is 0 Å². The highest BCUT2D eigenvalue weighted by atomic mass is 16.5. The van der Waals surface area contributed by atoms with E-state index in [-0.39, 0.29) is 6.03 Å². The van der Waals surface area contributed by atoms with E-state index in [0.717, 1.165) is 49.2 Å². The molecule has 0 spiro atoms. The van der Waals surface area contributed by atoms with Gasteiger partial charge in [0, 0.05) is 48.3 Å². The Bertz CT molecular complexity index is 733. The van der Waals surface area contributed by atoms with Crippen LogP contribution >= 0.6 is 0 Å². The first-order valence-electron chi connectivity index (χ1n) is 9.50. The summed E-state index contributed by atoms with van der Waals surface area (Å²) in [6.45, 7) is 4.56. The van der Waals surface area contributed by atoms with Crippen molar-refractivity contribution in [1.29, 1.82) is 0 Å². The second-order valence-electron chi connectivity index (χ2n) is 7.17. The van der Waals surface area contributed by atoms with Crippen LogP contribution in [0.4, 0.5) is 10.5 Å². The Kier molecular flexibility index (Phi) is 5.32. The number of urea groups is 1. The van der Waals surface area contributed by atoms with Crippen LogP contribution in [-0.2, 0) is 4.74 Å². The van der Waals surface area contributed by atoms with E-state index < -0.39 is 0 Å². The minimum absolute atomic E-state index is 0.155. The zero-order valence-corrected chi connectivity index (χ0v) is 15.0. The lowest BCUT2D eigenvalue weighted by molar-refractivity contribution is 0.135. The smallest absolute Gasteiger partial charge is 0.319 e. The highest BCUT2D eigenvalue weighted by Crippen LogP contribution is 2.25. The average Bonchev–Trinajstić information content (AvgIpc) is 3.37. The van der Waals surface area contributed by atoms with E-state index in [0.29, 0.717) is 18.5 Å². The molecular weight excluding hydrogens is 328 g/mol. The number of likely N-dealkylation sites (tertiary alicyclic amines) is 1. The summed E-state index contributed by atoms with van der Waals surface area (Å²) in [5.41, 5.74) is 0.810. The van der Waals surface area contributed by atoms with Gasteiger partial charge in [-0.1, -0.05) is 12.1 Å². The molecule has 0 bridgehead atoms. The van der Waals surface area contributed by atoms with E-state index >= 15 is 0 Å². The number of nitrogens with zero attached hydrogens (tertiary/aromatic N) is 2. The molecule has 0 unspecified atom stereocenters. The van der Waals surface area contributed by atoms with Crippen molar-refractivity contribution in [2.75, 3.05) is 38.2 Å². The standard InChI is InChI=1S/C20H26N4O2/c25-20(23-18-5-3-4-15-12-21-8-6-17(15)18)22-13-19(16-7-11-26-14-16)24-9-1-2-10-24/h3-6,8,12,16,19H,1-2,7,9-11,13-14H2,(H2,22,23,25)/t16-,19+/m1/s1. The Morgan fingerprint density at radius 3 is 3.00 bits per heavy atom. The Balaban J connectivity index is 1.40. The molecule has 2 amide bonds. The van der Waals surface area contributed by atoms with Crippen molar-refractivity contribution in [3.63, 3.8) is 0 Å². The summed E-state index contributed by atoms with van der Waals surface area (Å²) in [5.74, 6) is 0.511. The quantitative estimate of drug-likeness (QED) is 0.866. The van der Waals surface area contributed by atoms with Crippen molar-refractivity contribution in [2.45, 2.75) is 25.3 Å². The maximum absolute atomic E-state index is 12.5. The van der Waals surface area contributed by atoms with Crippen molar-refractivity contribution < 1.29 is 9.53 Å². The number of carbonyl (C=O) groups excluding carboxylic acids is 1. The van der Waals surface area contributed by atoms with Crippen LogP contribution in [0.25, 0.3) is 10.8 Å². The third-order valence-corrected chi connectivity index (χ3v) is 5.52. The Morgan fingerprint density at radius 2 is 2.19 bits per heavy atom. The summed E-state index contributed by atoms with van der Waals surface area (Å²) in [6.07, 6.45) is 7.14. The zero-order chi connectivity index (χ0) is 17.8. The Morgan fingerprint density at radius 1 is 1.31 bits per heavy atom. The molecule has 138 valence electrons. The second-order valence-corrected chi connectivity index (χ2v) is 7.17. The summed E-state index contributed by atoms with van der Waals surface area (Å²) >= 11 is 0. The van der Waals surface area contributed by atoms with Gasteiger partial charge in [-0.3, -0.25) is 9.88 Å². The van der Waals surface area contributed by atoms with Gasteiger partial charge in [0.05, 0.1) is 12.3 Å². The number of hydrogen-bond acceptors (Lipinski definition) is 4. The predicted molar refractivity (Wildman–Crippen MR) is 102 cm³/mol. The fourth-order valence-electron chi connectivity index (χ4n) is 4.12. The van der Waals surface area contributed by atoms with Crippen LogP contribution in [0.2, 0.25) is 0 Å². The third-order valence-electron chi connectivity index (χ3n) is 5.52. The zero-order valence-electron chi connectivity index (χ0n) is 15.0. The van der Waals surface area contributed by atoms with Crippen LogP contribution in [0.5, 0.6) is 0 Å². The van der Waals surface area contributed by atoms with E-state index in [1.807, 2.05) is 30.5 Å². The van der Waals surface area contributed by atoms with Gasteiger partial charge in [0.15, 0.2) is 0 Å². The maximum Gasteiger partial charge on any atom is 0.319 e. The predicted octanol–water partition coefficient (Wildman–Crippen LogP) is 2.86. The van der Waals surface area contributed by atoms with E-state index in [9.17, 15) is 4.79 Å². The lowest BCUT2D eigenvalue weighted by atomic mass is 9.97. The first kappa shape index (κ1) is 17.2. The molecule has 2 aromatic rings. The fraction of sp³-hybridized carbons (Fsp3) is 0.500. The Labute approximate surface area is 153 Å². The largest absolute Gasteiger partial charge is 0.381 e. The van der Waals surface area contributed by atoms with Gasteiger partial charge in [0.25, 0.3) is 0 Å². The number of anilines is 1. The highest BCUT2D eigenvalue weighted by Gasteiger charge is 2.32. The van der Waals surface area contributed by atoms with Crippen molar-refractivity contribution >= 4 is 22.5 Å². The monoisotopic (exact) mass is 354 g/mol. The molecule has 2 saturated heterocycles. The van der Waals surface area contributed by atoms with Gasteiger partial charge in [-0.25, -0.2) is 4.79 Å². The molecule has 1 aromatic carbocycles. The molecule has 2 fully saturated rings. The van der Waals surface area contributed by atoms with Gasteiger partial charge < -0.3 is 15.4 Å². The number of amides is 2. The summed E-state index contributed by atoms with van der Waals surface area (Å²) in [5, 5.41) is 8.10. The molecule has 3 heterocycles. The fourth-order valence-corrected chi connectivity index (χ4v) is 4.12. The molecule has 2 N–H and O–H groups in total. The minimum atomic E-state index is -0.155. The molecule has 2 aliphatic heterocycles. The lowest BCUT2D eigenvalue weighted by Gasteiger charge is -2.32. The number of benzene rings is 1. The van der Waals surface area contributed by atoms with E-state index in [1.165, 1.54) is 12.8 Å². The number of ether oxygens (including phenoxy) is 1. The van der Waals surface area contributed by atoms with Gasteiger partial charge in [-0.15, -0.1) is 0 Å². The van der Waals surface area contributed by atoms with Crippen LogP contribution in [-0.4, -0.2) is 54.8 Å². The van der Waals surface area contributed by atoms with Crippen LogP contribution in [0, 0.1) is 5.92 Å². The van der Waals surface area contributed by atoms with Crippen molar-refractivity contribution in [1.82, 2.24) is 15.2 Å². The molecule has 4 rings (SSSR count). The molecule has 6 heteroatoms. The average molecular weight is 354 g/mol. The van der Waals surface area contributed by atoms with Gasteiger partial charge in [0.1, 0.15) is 0 Å². The van der Waals surface area contributed by atoms with Crippen LogP contribution in [0.3, 0.4) is 0 Å². The molecule has 0 radical (unpaired) electrons. The molecule has 6 nitrogen and oxygen atoms in total. The van der Waals surface area contributed by atoms with Crippen molar-refractivity contribution in [3.05, 3.63) is 36.7 Å². The van der Waals surface area contributed by atoms with Crippen molar-refractivity contribution in [2.24, 2.45) is 5.92 Å². The molecule has 1 aromatic heterocycles. The van der Waals surface area contributed by atoms with Crippen LogP contribution in [0.15, 0.2) is 36.7 Å². The number of nitrogens with one attached hydrogen (secondary N) is 2. The number of rotatable bonds is 5. The lowest BCUT2D eigenvalue weighted by Crippen LogP contribution is -2.48.